The number of nitrogens with one attached hydrogen (secondary N) is 2. The van der Waals surface area contributed by atoms with Gasteiger partial charge in [0.1, 0.15) is 0 Å². The molecule has 2 amide bonds. The molecular formula is C41H43N3O5. The van der Waals surface area contributed by atoms with Crippen LogP contribution < -0.4 is 20.2 Å². The number of amides is 2. The minimum absolute atomic E-state index is 0.183. The van der Waals surface area contributed by atoms with E-state index in [0.717, 1.165) is 23.4 Å². The maximum absolute atomic E-state index is 13.3. The number of hydrogen-bond donors (Lipinski definition) is 3. The van der Waals surface area contributed by atoms with Crippen molar-refractivity contribution >= 4 is 23.7 Å². The van der Waals surface area contributed by atoms with E-state index >= 15 is 0 Å². The van der Waals surface area contributed by atoms with Gasteiger partial charge in [-0.25, -0.2) is 5.43 Å². The standard InChI is InChI=1S/C41H43N3O5/c1-2-48-37-22-28(26-42-44-39(46)41(47,33-9-5-3-6-10-33)34-11-7-4-8-12-34)13-18-36(37)49-27-38(45)43-35-16-14-32(15-17-35)40-23-29-19-30(24-40)21-31(20-29)25-40/h3-18,22,26,29-31,47H,2,19-21,23-25,27H2,1H3,(H,43,45)(H,44,46)/b42-26-. The van der Waals surface area contributed by atoms with Crippen molar-refractivity contribution in [2.24, 2.45) is 22.9 Å². The van der Waals surface area contributed by atoms with E-state index in [1.807, 2.05) is 31.2 Å². The van der Waals surface area contributed by atoms with Gasteiger partial charge >= 0.3 is 0 Å². The largest absolute Gasteiger partial charge is 0.490 e. The van der Waals surface area contributed by atoms with E-state index in [-0.39, 0.29) is 12.5 Å². The highest BCUT2D eigenvalue weighted by Crippen LogP contribution is 2.60. The Hall–Kier alpha value is -4.95. The van der Waals surface area contributed by atoms with Crippen LogP contribution in [0.1, 0.15) is 67.7 Å². The van der Waals surface area contributed by atoms with Gasteiger partial charge < -0.3 is 19.9 Å². The van der Waals surface area contributed by atoms with E-state index in [1.54, 1.807) is 66.7 Å². The van der Waals surface area contributed by atoms with Gasteiger partial charge in [-0.05, 0) is 121 Å². The van der Waals surface area contributed by atoms with Crippen LogP contribution in [0.25, 0.3) is 0 Å². The third-order valence-electron chi connectivity index (χ3n) is 10.5. The van der Waals surface area contributed by atoms with E-state index < -0.39 is 11.5 Å². The summed E-state index contributed by atoms with van der Waals surface area (Å²) >= 11 is 0. The first kappa shape index (κ1) is 32.6. The number of carbonyl (C=O) groups excluding carboxylic acids is 2. The lowest BCUT2D eigenvalue weighted by atomic mass is 9.48. The Bertz CT molecular complexity index is 1730. The topological polar surface area (TPSA) is 109 Å². The summed E-state index contributed by atoms with van der Waals surface area (Å²) in [5, 5.41) is 18.7. The van der Waals surface area contributed by atoms with E-state index in [2.05, 4.69) is 28.0 Å². The van der Waals surface area contributed by atoms with Gasteiger partial charge in [-0.2, -0.15) is 5.10 Å². The molecule has 4 aromatic rings. The molecule has 8 heteroatoms. The Labute approximate surface area is 287 Å². The summed E-state index contributed by atoms with van der Waals surface area (Å²) in [4.78, 5) is 26.2. The minimum atomic E-state index is -1.94. The van der Waals surface area contributed by atoms with Crippen molar-refractivity contribution in [1.29, 1.82) is 0 Å². The molecule has 252 valence electrons. The van der Waals surface area contributed by atoms with Gasteiger partial charge in [0.2, 0.25) is 0 Å². The molecular weight excluding hydrogens is 614 g/mol. The Balaban J connectivity index is 0.964. The number of nitrogens with zero attached hydrogens (tertiary/aromatic N) is 1. The molecule has 4 bridgehead atoms. The van der Waals surface area contributed by atoms with Crippen molar-refractivity contribution in [3.63, 3.8) is 0 Å². The molecule has 0 heterocycles. The Kier molecular flexibility index (Phi) is 9.23. The second-order valence-corrected chi connectivity index (χ2v) is 13.9. The molecule has 0 unspecified atom stereocenters. The van der Waals surface area contributed by atoms with Gasteiger partial charge in [-0.3, -0.25) is 9.59 Å². The number of hydrazone groups is 1. The zero-order valence-corrected chi connectivity index (χ0v) is 27.8. The lowest BCUT2D eigenvalue weighted by molar-refractivity contribution is -0.136. The molecule has 0 radical (unpaired) electrons. The fourth-order valence-corrected chi connectivity index (χ4v) is 8.74. The van der Waals surface area contributed by atoms with Crippen molar-refractivity contribution in [2.45, 2.75) is 56.5 Å². The van der Waals surface area contributed by atoms with E-state index in [0.29, 0.717) is 40.2 Å². The van der Waals surface area contributed by atoms with Crippen LogP contribution in [-0.4, -0.2) is 36.3 Å². The number of ether oxygens (including phenoxy) is 2. The zero-order valence-electron chi connectivity index (χ0n) is 27.8. The molecule has 8 rings (SSSR count). The SMILES string of the molecule is CCOc1cc(/C=N\NC(=O)C(O)(c2ccccc2)c2ccccc2)ccc1OCC(=O)Nc1ccc(C23CC4CC(CC(C4)C2)C3)cc1. The van der Waals surface area contributed by atoms with Crippen molar-refractivity contribution in [3.8, 4) is 11.5 Å². The van der Waals surface area contributed by atoms with Crippen LogP contribution in [0.4, 0.5) is 5.69 Å². The van der Waals surface area contributed by atoms with Crippen LogP contribution in [0.15, 0.2) is 108 Å². The molecule has 4 fully saturated rings. The predicted molar refractivity (Wildman–Crippen MR) is 190 cm³/mol. The van der Waals surface area contributed by atoms with Crippen LogP contribution in [0, 0.1) is 17.8 Å². The second-order valence-electron chi connectivity index (χ2n) is 13.9. The minimum Gasteiger partial charge on any atom is -0.490 e. The molecule has 0 saturated heterocycles. The molecule has 4 aromatic carbocycles. The smallest absolute Gasteiger partial charge is 0.281 e. The summed E-state index contributed by atoms with van der Waals surface area (Å²) < 4.78 is 11.7. The quantitative estimate of drug-likeness (QED) is 0.113. The number of benzene rings is 4. The highest BCUT2D eigenvalue weighted by atomic mass is 16.5. The molecule has 4 aliphatic rings. The highest BCUT2D eigenvalue weighted by molar-refractivity contribution is 5.92. The summed E-state index contributed by atoms with van der Waals surface area (Å²) in [5.74, 6) is 2.56. The molecule has 49 heavy (non-hydrogen) atoms. The van der Waals surface area contributed by atoms with Crippen molar-refractivity contribution in [1.82, 2.24) is 5.43 Å². The maximum atomic E-state index is 13.3. The van der Waals surface area contributed by atoms with Gasteiger partial charge in [-0.1, -0.05) is 72.8 Å². The Morgan fingerprint density at radius 3 is 1.98 bits per heavy atom. The fourth-order valence-electron chi connectivity index (χ4n) is 8.74. The summed E-state index contributed by atoms with van der Waals surface area (Å²) in [6.45, 7) is 2.06. The first-order valence-corrected chi connectivity index (χ1v) is 17.3. The average molecular weight is 658 g/mol. The second kappa shape index (κ2) is 13.9. The molecule has 0 atom stereocenters. The predicted octanol–water partition coefficient (Wildman–Crippen LogP) is 6.96. The Morgan fingerprint density at radius 2 is 1.41 bits per heavy atom. The van der Waals surface area contributed by atoms with Gasteiger partial charge in [0.25, 0.3) is 11.8 Å². The summed E-state index contributed by atoms with van der Waals surface area (Å²) in [6, 6.07) is 31.1. The first-order valence-electron chi connectivity index (χ1n) is 17.3. The van der Waals surface area contributed by atoms with Crippen molar-refractivity contribution in [2.75, 3.05) is 18.5 Å². The molecule has 3 N–H and O–H groups in total. The van der Waals surface area contributed by atoms with E-state index in [1.165, 1.54) is 50.3 Å². The number of carbonyl (C=O) groups is 2. The van der Waals surface area contributed by atoms with Gasteiger partial charge in [0, 0.05) is 5.69 Å². The Morgan fingerprint density at radius 1 is 0.816 bits per heavy atom. The molecule has 0 aliphatic heterocycles. The van der Waals surface area contributed by atoms with Crippen LogP contribution in [0.2, 0.25) is 0 Å². The van der Waals surface area contributed by atoms with Gasteiger partial charge in [-0.15, -0.1) is 0 Å². The number of anilines is 1. The van der Waals surface area contributed by atoms with E-state index in [4.69, 9.17) is 9.47 Å². The summed E-state index contributed by atoms with van der Waals surface area (Å²) in [6.07, 6.45) is 9.65. The van der Waals surface area contributed by atoms with Crippen LogP contribution in [0.3, 0.4) is 0 Å². The zero-order chi connectivity index (χ0) is 33.8. The fraction of sp³-hybridized carbons (Fsp3) is 0.341. The molecule has 0 aromatic heterocycles. The highest BCUT2D eigenvalue weighted by Gasteiger charge is 2.51. The van der Waals surface area contributed by atoms with Crippen molar-refractivity contribution < 1.29 is 24.2 Å². The molecule has 4 aliphatic carbocycles. The average Bonchev–Trinajstić information content (AvgIpc) is 3.11. The normalized spacial score (nSPS) is 22.5. The van der Waals surface area contributed by atoms with E-state index in [9.17, 15) is 14.7 Å². The lowest BCUT2D eigenvalue weighted by Crippen LogP contribution is -2.48. The number of aliphatic hydroxyl groups is 1. The van der Waals surface area contributed by atoms with Gasteiger partial charge in [0.05, 0.1) is 12.8 Å². The maximum Gasteiger partial charge on any atom is 0.281 e. The monoisotopic (exact) mass is 657 g/mol. The van der Waals surface area contributed by atoms with Crippen LogP contribution in [-0.2, 0) is 20.6 Å². The lowest BCUT2D eigenvalue weighted by Gasteiger charge is -2.57. The summed E-state index contributed by atoms with van der Waals surface area (Å²) in [7, 11) is 0. The van der Waals surface area contributed by atoms with Gasteiger partial charge in [0.15, 0.2) is 23.7 Å². The van der Waals surface area contributed by atoms with Crippen LogP contribution in [0.5, 0.6) is 11.5 Å². The molecule has 0 spiro atoms. The first-order chi connectivity index (χ1) is 23.8. The molecule has 8 nitrogen and oxygen atoms in total. The number of rotatable bonds is 12. The van der Waals surface area contributed by atoms with Crippen molar-refractivity contribution in [3.05, 3.63) is 125 Å². The van der Waals surface area contributed by atoms with Crippen LogP contribution >= 0.6 is 0 Å². The third kappa shape index (κ3) is 6.83. The molecule has 4 saturated carbocycles. The third-order valence-corrected chi connectivity index (χ3v) is 10.5. The summed E-state index contributed by atoms with van der Waals surface area (Å²) in [5.41, 5.74) is 4.53. The number of hydrogen-bond acceptors (Lipinski definition) is 6.